The van der Waals surface area contributed by atoms with Crippen LogP contribution >= 0.6 is 27.5 Å². The summed E-state index contributed by atoms with van der Waals surface area (Å²) in [5, 5.41) is 4.13. The smallest absolute Gasteiger partial charge is 0.0964 e. The molecule has 0 spiro atoms. The van der Waals surface area contributed by atoms with Gasteiger partial charge in [-0.15, -0.1) is 0 Å². The van der Waals surface area contributed by atoms with Crippen molar-refractivity contribution in [3.05, 3.63) is 33.3 Å². The fourth-order valence-corrected chi connectivity index (χ4v) is 2.44. The quantitative estimate of drug-likeness (QED) is 0.858. The van der Waals surface area contributed by atoms with Crippen molar-refractivity contribution >= 4 is 27.5 Å². The Morgan fingerprint density at radius 1 is 1.53 bits per heavy atom. The molecule has 0 aliphatic carbocycles. The van der Waals surface area contributed by atoms with Gasteiger partial charge in [0.15, 0.2) is 0 Å². The standard InChI is InChI=1S/C11H13BrClNO/c1-7-6-15-11(5-14-7)9-3-2-8(12)4-10(9)13/h2-4,7,11,14H,5-6H2,1H3. The number of ether oxygens (including phenoxy) is 1. The molecule has 1 heterocycles. The molecular weight excluding hydrogens is 277 g/mol. The number of hydrogen-bond donors (Lipinski definition) is 1. The maximum Gasteiger partial charge on any atom is 0.0964 e. The van der Waals surface area contributed by atoms with Crippen LogP contribution in [0.3, 0.4) is 0 Å². The highest BCUT2D eigenvalue weighted by Gasteiger charge is 2.21. The van der Waals surface area contributed by atoms with Crippen LogP contribution < -0.4 is 5.32 Å². The van der Waals surface area contributed by atoms with Gasteiger partial charge in [0, 0.05) is 27.6 Å². The first-order valence-corrected chi connectivity index (χ1v) is 6.14. The van der Waals surface area contributed by atoms with Crippen molar-refractivity contribution in [3.63, 3.8) is 0 Å². The lowest BCUT2D eigenvalue weighted by Gasteiger charge is -2.29. The summed E-state index contributed by atoms with van der Waals surface area (Å²) >= 11 is 9.55. The summed E-state index contributed by atoms with van der Waals surface area (Å²) in [6, 6.07) is 6.32. The minimum Gasteiger partial charge on any atom is -0.371 e. The zero-order valence-corrected chi connectivity index (χ0v) is 10.8. The lowest BCUT2D eigenvalue weighted by Crippen LogP contribution is -2.40. The van der Waals surface area contributed by atoms with Gasteiger partial charge in [-0.1, -0.05) is 33.6 Å². The number of rotatable bonds is 1. The largest absolute Gasteiger partial charge is 0.371 e. The summed E-state index contributed by atoms with van der Waals surface area (Å²) in [7, 11) is 0. The van der Waals surface area contributed by atoms with Crippen molar-refractivity contribution in [1.82, 2.24) is 5.32 Å². The van der Waals surface area contributed by atoms with Crippen LogP contribution in [0.1, 0.15) is 18.6 Å². The molecule has 1 aliphatic heterocycles. The van der Waals surface area contributed by atoms with E-state index in [1.807, 2.05) is 18.2 Å². The summed E-state index contributed by atoms with van der Waals surface area (Å²) in [6.45, 7) is 3.67. The molecule has 4 heteroatoms. The zero-order chi connectivity index (χ0) is 10.8. The van der Waals surface area contributed by atoms with Gasteiger partial charge in [0.05, 0.1) is 12.7 Å². The van der Waals surface area contributed by atoms with Crippen molar-refractivity contribution < 1.29 is 4.74 Å². The molecule has 1 aromatic carbocycles. The number of nitrogens with one attached hydrogen (secondary N) is 1. The van der Waals surface area contributed by atoms with Crippen molar-refractivity contribution in [2.24, 2.45) is 0 Å². The normalized spacial score (nSPS) is 26.6. The van der Waals surface area contributed by atoms with Crippen molar-refractivity contribution in [2.45, 2.75) is 19.1 Å². The maximum absolute atomic E-state index is 6.16. The van der Waals surface area contributed by atoms with E-state index in [0.29, 0.717) is 6.04 Å². The van der Waals surface area contributed by atoms with Gasteiger partial charge < -0.3 is 10.1 Å². The van der Waals surface area contributed by atoms with Crippen molar-refractivity contribution in [2.75, 3.05) is 13.2 Å². The molecule has 0 bridgehead atoms. The molecule has 1 fully saturated rings. The third-order valence-corrected chi connectivity index (χ3v) is 3.33. The molecule has 2 nitrogen and oxygen atoms in total. The Balaban J connectivity index is 2.15. The molecule has 1 N–H and O–H groups in total. The van der Waals surface area contributed by atoms with Crippen LogP contribution in [-0.4, -0.2) is 19.2 Å². The first-order valence-electron chi connectivity index (χ1n) is 4.97. The summed E-state index contributed by atoms with van der Waals surface area (Å²) in [4.78, 5) is 0. The van der Waals surface area contributed by atoms with Crippen LogP contribution in [0.25, 0.3) is 0 Å². The Morgan fingerprint density at radius 2 is 2.33 bits per heavy atom. The molecule has 0 aromatic heterocycles. The van der Waals surface area contributed by atoms with Crippen LogP contribution in [0, 0.1) is 0 Å². The third kappa shape index (κ3) is 2.72. The summed E-state index contributed by atoms with van der Waals surface area (Å²) < 4.78 is 6.73. The number of halogens is 2. The van der Waals surface area contributed by atoms with Gasteiger partial charge in [0.25, 0.3) is 0 Å². The van der Waals surface area contributed by atoms with E-state index >= 15 is 0 Å². The van der Waals surface area contributed by atoms with E-state index in [4.69, 9.17) is 16.3 Å². The molecule has 2 unspecified atom stereocenters. The van der Waals surface area contributed by atoms with Crippen LogP contribution in [0.4, 0.5) is 0 Å². The number of benzene rings is 1. The van der Waals surface area contributed by atoms with E-state index in [9.17, 15) is 0 Å². The monoisotopic (exact) mass is 289 g/mol. The fourth-order valence-electron chi connectivity index (χ4n) is 1.65. The summed E-state index contributed by atoms with van der Waals surface area (Å²) in [5.41, 5.74) is 1.05. The third-order valence-electron chi connectivity index (χ3n) is 2.51. The molecule has 1 aliphatic rings. The maximum atomic E-state index is 6.16. The summed E-state index contributed by atoms with van der Waals surface area (Å²) in [5.74, 6) is 0. The van der Waals surface area contributed by atoms with Crippen molar-refractivity contribution in [1.29, 1.82) is 0 Å². The second-order valence-electron chi connectivity index (χ2n) is 3.80. The van der Waals surface area contributed by atoms with Gasteiger partial charge in [0.2, 0.25) is 0 Å². The highest BCUT2D eigenvalue weighted by molar-refractivity contribution is 9.10. The molecule has 2 rings (SSSR count). The Morgan fingerprint density at radius 3 is 2.93 bits per heavy atom. The topological polar surface area (TPSA) is 21.3 Å². The van der Waals surface area contributed by atoms with Crippen LogP contribution in [-0.2, 0) is 4.74 Å². The zero-order valence-electron chi connectivity index (χ0n) is 8.47. The molecule has 0 saturated carbocycles. The van der Waals surface area contributed by atoms with Gasteiger partial charge in [0.1, 0.15) is 0 Å². The Kier molecular flexibility index (Phi) is 3.67. The first-order chi connectivity index (χ1) is 7.16. The lowest BCUT2D eigenvalue weighted by atomic mass is 10.1. The van der Waals surface area contributed by atoms with Crippen LogP contribution in [0.15, 0.2) is 22.7 Å². The van der Waals surface area contributed by atoms with Gasteiger partial charge in [-0.2, -0.15) is 0 Å². The van der Waals surface area contributed by atoms with Crippen molar-refractivity contribution in [3.8, 4) is 0 Å². The van der Waals surface area contributed by atoms with Crippen LogP contribution in [0.2, 0.25) is 5.02 Å². The van der Waals surface area contributed by atoms with E-state index < -0.39 is 0 Å². The van der Waals surface area contributed by atoms with Gasteiger partial charge in [-0.3, -0.25) is 0 Å². The van der Waals surface area contributed by atoms with Gasteiger partial charge >= 0.3 is 0 Å². The molecule has 1 saturated heterocycles. The fraction of sp³-hybridized carbons (Fsp3) is 0.455. The first kappa shape index (κ1) is 11.4. The predicted octanol–water partition coefficient (Wildman–Crippen LogP) is 3.15. The highest BCUT2D eigenvalue weighted by Crippen LogP contribution is 2.29. The lowest BCUT2D eigenvalue weighted by molar-refractivity contribution is 0.00700. The minimum absolute atomic E-state index is 0.0711. The predicted molar refractivity (Wildman–Crippen MR) is 65.3 cm³/mol. The molecule has 15 heavy (non-hydrogen) atoms. The van der Waals surface area contributed by atoms with Gasteiger partial charge in [-0.25, -0.2) is 0 Å². The summed E-state index contributed by atoms with van der Waals surface area (Å²) in [6.07, 6.45) is 0.0711. The molecule has 82 valence electrons. The molecule has 0 radical (unpaired) electrons. The van der Waals surface area contributed by atoms with Crippen LogP contribution in [0.5, 0.6) is 0 Å². The SMILES string of the molecule is CC1COC(c2ccc(Br)cc2Cl)CN1. The second-order valence-corrected chi connectivity index (χ2v) is 5.12. The van der Waals surface area contributed by atoms with E-state index in [2.05, 4.69) is 28.2 Å². The average molecular weight is 291 g/mol. The Labute approximate surface area is 103 Å². The second kappa shape index (κ2) is 4.83. The van der Waals surface area contributed by atoms with E-state index in [-0.39, 0.29) is 6.10 Å². The minimum atomic E-state index is 0.0711. The van der Waals surface area contributed by atoms with E-state index in [1.165, 1.54) is 0 Å². The van der Waals surface area contributed by atoms with Gasteiger partial charge in [-0.05, 0) is 19.1 Å². The molecule has 2 atom stereocenters. The Bertz CT molecular complexity index is 350. The Hall–Kier alpha value is -0.0900. The number of hydrogen-bond acceptors (Lipinski definition) is 2. The highest BCUT2D eigenvalue weighted by atomic mass is 79.9. The molecular formula is C11H13BrClNO. The molecule has 1 aromatic rings. The average Bonchev–Trinajstić information content (AvgIpc) is 2.20. The number of morpholine rings is 1. The van der Waals surface area contributed by atoms with E-state index in [1.54, 1.807) is 0 Å². The molecule has 0 amide bonds. The van der Waals surface area contributed by atoms with E-state index in [0.717, 1.165) is 28.2 Å².